The van der Waals surface area contributed by atoms with E-state index < -0.39 is 0 Å². The zero-order chi connectivity index (χ0) is 14.8. The largest absolute Gasteiger partial charge is 0.491 e. The molecule has 2 heterocycles. The van der Waals surface area contributed by atoms with E-state index in [0.717, 1.165) is 40.2 Å². The van der Waals surface area contributed by atoms with Gasteiger partial charge in [-0.1, -0.05) is 24.3 Å². The molecule has 0 spiro atoms. The average Bonchev–Trinajstić information content (AvgIpc) is 3.02. The van der Waals surface area contributed by atoms with Crippen molar-refractivity contribution < 1.29 is 4.74 Å². The van der Waals surface area contributed by atoms with Gasteiger partial charge in [-0.3, -0.25) is 4.79 Å². The molecule has 3 rings (SSSR count). The van der Waals surface area contributed by atoms with Crippen LogP contribution in [0.15, 0.2) is 28.4 Å². The summed E-state index contributed by atoms with van der Waals surface area (Å²) in [5.41, 5.74) is 2.72. The number of hydrogen-bond acceptors (Lipinski definition) is 4. The highest BCUT2D eigenvalue weighted by Gasteiger charge is 2.10. The van der Waals surface area contributed by atoms with Crippen molar-refractivity contribution in [1.82, 2.24) is 14.5 Å². The maximum Gasteiger partial charge on any atom is 0.304 e. The fourth-order valence-electron chi connectivity index (χ4n) is 2.21. The Morgan fingerprint density at radius 1 is 1.38 bits per heavy atom. The summed E-state index contributed by atoms with van der Waals surface area (Å²) in [6.07, 6.45) is 0.952. The number of aromatic nitrogens is 3. The van der Waals surface area contributed by atoms with Gasteiger partial charge >= 0.3 is 4.87 Å². The second-order valence-electron chi connectivity index (χ2n) is 4.69. The van der Waals surface area contributed by atoms with Gasteiger partial charge in [0.2, 0.25) is 0 Å². The van der Waals surface area contributed by atoms with Crippen LogP contribution in [0.2, 0.25) is 0 Å². The number of fused-ring (bicyclic) bond motifs is 1. The second-order valence-corrected chi connectivity index (χ2v) is 5.92. The maximum atomic E-state index is 11.2. The molecule has 0 aliphatic rings. The number of H-pyrrole nitrogens is 2. The topological polar surface area (TPSA) is 62.8 Å². The van der Waals surface area contributed by atoms with Crippen molar-refractivity contribution in [2.24, 2.45) is 0 Å². The lowest BCUT2D eigenvalue weighted by Crippen LogP contribution is -2.03. The summed E-state index contributed by atoms with van der Waals surface area (Å²) in [6, 6.07) is 5.87. The fourth-order valence-corrected chi connectivity index (χ4v) is 3.04. The molecule has 7 heteroatoms. The van der Waals surface area contributed by atoms with E-state index in [-0.39, 0.29) is 4.87 Å². The van der Waals surface area contributed by atoms with E-state index in [1.165, 1.54) is 0 Å². The third-order valence-corrected chi connectivity index (χ3v) is 4.17. The number of thiazole rings is 1. The Morgan fingerprint density at radius 2 is 2.24 bits per heavy atom. The van der Waals surface area contributed by atoms with Crippen molar-refractivity contribution in [2.45, 2.75) is 19.9 Å². The Bertz CT molecular complexity index is 872. The summed E-state index contributed by atoms with van der Waals surface area (Å²) in [4.78, 5) is 17.2. The lowest BCUT2D eigenvalue weighted by Gasteiger charge is -2.06. The van der Waals surface area contributed by atoms with Crippen LogP contribution in [-0.2, 0) is 6.54 Å². The van der Waals surface area contributed by atoms with E-state index in [0.29, 0.717) is 17.9 Å². The molecule has 0 aliphatic carbocycles. The molecule has 0 unspecified atom stereocenters. The summed E-state index contributed by atoms with van der Waals surface area (Å²) in [5.74, 6) is 0.804. The van der Waals surface area contributed by atoms with E-state index in [4.69, 9.17) is 17.0 Å². The monoisotopic (exact) mass is 321 g/mol. The zero-order valence-electron chi connectivity index (χ0n) is 11.5. The normalized spacial score (nSPS) is 11.1. The van der Waals surface area contributed by atoms with E-state index in [9.17, 15) is 4.79 Å². The zero-order valence-corrected chi connectivity index (χ0v) is 13.1. The summed E-state index contributed by atoms with van der Waals surface area (Å²) in [5, 5.41) is 1.82. The van der Waals surface area contributed by atoms with Crippen LogP contribution in [0.25, 0.3) is 11.0 Å². The minimum atomic E-state index is -0.0525. The molecule has 0 radical (unpaired) electrons. The molecule has 2 aromatic heterocycles. The number of nitrogens with zero attached hydrogens (tertiary/aromatic N) is 1. The van der Waals surface area contributed by atoms with Gasteiger partial charge in [-0.25, -0.2) is 0 Å². The number of nitrogens with one attached hydrogen (secondary N) is 2. The predicted octanol–water partition coefficient (Wildman–Crippen LogP) is 3.29. The lowest BCUT2D eigenvalue weighted by molar-refractivity contribution is 0.320. The van der Waals surface area contributed by atoms with Gasteiger partial charge in [-0.15, -0.1) is 0 Å². The van der Waals surface area contributed by atoms with Crippen LogP contribution in [0, 0.1) is 4.77 Å². The van der Waals surface area contributed by atoms with Crippen molar-refractivity contribution in [3.63, 3.8) is 0 Å². The SMILES string of the molecule is CCCOc1cccc2c1[nH]c(=S)n2Cc1csc(=O)[nH]1. The molecule has 110 valence electrons. The van der Waals surface area contributed by atoms with Gasteiger partial charge in [0.15, 0.2) is 4.77 Å². The molecule has 21 heavy (non-hydrogen) atoms. The molecule has 0 atom stereocenters. The summed E-state index contributed by atoms with van der Waals surface area (Å²) >= 11 is 6.55. The van der Waals surface area contributed by atoms with Crippen LogP contribution in [0.4, 0.5) is 0 Å². The molecular formula is C14H15N3O2S2. The summed E-state index contributed by atoms with van der Waals surface area (Å²) in [7, 11) is 0. The lowest BCUT2D eigenvalue weighted by atomic mass is 10.3. The summed E-state index contributed by atoms with van der Waals surface area (Å²) in [6.45, 7) is 3.28. The molecule has 0 saturated heterocycles. The molecule has 2 N–H and O–H groups in total. The number of rotatable bonds is 5. The molecule has 3 aromatic rings. The minimum Gasteiger partial charge on any atom is -0.491 e. The van der Waals surface area contributed by atoms with E-state index in [2.05, 4.69) is 16.9 Å². The van der Waals surface area contributed by atoms with E-state index in [1.54, 1.807) is 0 Å². The number of imidazole rings is 1. The number of para-hydroxylation sites is 1. The molecule has 0 aliphatic heterocycles. The Kier molecular flexibility index (Phi) is 3.94. The van der Waals surface area contributed by atoms with Crippen LogP contribution in [0.3, 0.4) is 0 Å². The maximum absolute atomic E-state index is 11.2. The molecule has 0 saturated carbocycles. The van der Waals surface area contributed by atoms with E-state index in [1.807, 2.05) is 28.1 Å². The van der Waals surface area contributed by atoms with Gasteiger partial charge < -0.3 is 19.3 Å². The Labute approximate surface area is 130 Å². The second kappa shape index (κ2) is 5.87. The smallest absolute Gasteiger partial charge is 0.304 e. The van der Waals surface area contributed by atoms with Crippen molar-refractivity contribution in [3.8, 4) is 5.75 Å². The van der Waals surface area contributed by atoms with E-state index >= 15 is 0 Å². The quantitative estimate of drug-likeness (QED) is 0.709. The van der Waals surface area contributed by atoms with Crippen molar-refractivity contribution in [1.29, 1.82) is 0 Å². The number of aromatic amines is 2. The van der Waals surface area contributed by atoms with Crippen LogP contribution in [0.5, 0.6) is 5.75 Å². The van der Waals surface area contributed by atoms with Gasteiger partial charge in [0.1, 0.15) is 11.3 Å². The Morgan fingerprint density at radius 3 is 2.95 bits per heavy atom. The van der Waals surface area contributed by atoms with Gasteiger partial charge in [0.05, 0.1) is 18.7 Å². The molecule has 5 nitrogen and oxygen atoms in total. The highest BCUT2D eigenvalue weighted by molar-refractivity contribution is 7.71. The van der Waals surface area contributed by atoms with Crippen LogP contribution in [-0.4, -0.2) is 21.1 Å². The first kappa shape index (κ1) is 14.1. The number of hydrogen-bond donors (Lipinski definition) is 2. The van der Waals surface area contributed by atoms with Crippen LogP contribution >= 0.6 is 23.6 Å². The first-order chi connectivity index (χ1) is 10.2. The molecule has 0 fully saturated rings. The highest BCUT2D eigenvalue weighted by Crippen LogP contribution is 2.25. The number of benzene rings is 1. The minimum absolute atomic E-state index is 0.0525. The Hall–Kier alpha value is -1.86. The molecule has 0 bridgehead atoms. The summed E-state index contributed by atoms with van der Waals surface area (Å²) < 4.78 is 8.32. The van der Waals surface area contributed by atoms with Gasteiger partial charge in [-0.2, -0.15) is 0 Å². The fraction of sp³-hybridized carbons (Fsp3) is 0.286. The van der Waals surface area contributed by atoms with Crippen LogP contribution in [0.1, 0.15) is 19.0 Å². The van der Waals surface area contributed by atoms with Gasteiger partial charge in [0, 0.05) is 11.1 Å². The molecular weight excluding hydrogens is 306 g/mol. The average molecular weight is 321 g/mol. The van der Waals surface area contributed by atoms with Crippen molar-refractivity contribution >= 4 is 34.6 Å². The molecule has 1 aromatic carbocycles. The Balaban J connectivity index is 2.05. The highest BCUT2D eigenvalue weighted by atomic mass is 32.1. The standard InChI is InChI=1S/C14H15N3O2S2/c1-2-6-19-11-5-3-4-10-12(11)16-13(20)17(10)7-9-8-21-14(18)15-9/h3-5,8H,2,6-7H2,1H3,(H,15,18)(H,16,20). The van der Waals surface area contributed by atoms with Crippen LogP contribution < -0.4 is 9.61 Å². The number of ether oxygens (including phenoxy) is 1. The van der Waals surface area contributed by atoms with Crippen molar-refractivity contribution in [3.05, 3.63) is 43.7 Å². The predicted molar refractivity (Wildman–Crippen MR) is 87.0 cm³/mol. The first-order valence-corrected chi connectivity index (χ1v) is 7.99. The van der Waals surface area contributed by atoms with Gasteiger partial charge in [-0.05, 0) is 30.8 Å². The van der Waals surface area contributed by atoms with Crippen molar-refractivity contribution in [2.75, 3.05) is 6.61 Å². The molecule has 0 amide bonds. The van der Waals surface area contributed by atoms with Gasteiger partial charge in [0.25, 0.3) is 0 Å². The first-order valence-electron chi connectivity index (χ1n) is 6.70. The third-order valence-electron chi connectivity index (χ3n) is 3.13. The third kappa shape index (κ3) is 2.79.